The van der Waals surface area contributed by atoms with Crippen molar-refractivity contribution >= 4 is 0 Å². The molecule has 2 aliphatic rings. The average Bonchev–Trinajstić information content (AvgIpc) is 2.74. The van der Waals surface area contributed by atoms with Gasteiger partial charge >= 0.3 is 0 Å². The summed E-state index contributed by atoms with van der Waals surface area (Å²) < 4.78 is 0. The largest absolute Gasteiger partial charge is 0.306 e. The Labute approximate surface area is 124 Å². The molecule has 0 radical (unpaired) electrons. The highest BCUT2D eigenvalue weighted by Gasteiger charge is 2.43. The van der Waals surface area contributed by atoms with Crippen molar-refractivity contribution in [1.82, 2.24) is 10.2 Å². The van der Waals surface area contributed by atoms with E-state index in [9.17, 15) is 5.26 Å². The topological polar surface area (TPSA) is 39.1 Å². The molecule has 0 aromatic carbocycles. The normalized spacial score (nSPS) is 30.7. The standard InChI is InChI=1S/C17H31N3/c1-14(2)19-17(13-18)10-5-8-16(17)9-11-20(3)12-15-6-4-7-15/h14-16,19H,4-12H2,1-3H3. The third-order valence-corrected chi connectivity index (χ3v) is 5.22. The van der Waals surface area contributed by atoms with Crippen molar-refractivity contribution in [2.75, 3.05) is 20.1 Å². The molecule has 2 saturated carbocycles. The zero-order chi connectivity index (χ0) is 14.6. The zero-order valence-corrected chi connectivity index (χ0v) is 13.5. The molecule has 2 atom stereocenters. The molecule has 0 aliphatic heterocycles. The highest BCUT2D eigenvalue weighted by atomic mass is 15.1. The summed E-state index contributed by atoms with van der Waals surface area (Å²) in [6.07, 6.45) is 8.87. The highest BCUT2D eigenvalue weighted by Crippen LogP contribution is 2.38. The van der Waals surface area contributed by atoms with E-state index in [1.165, 1.54) is 38.6 Å². The van der Waals surface area contributed by atoms with Crippen LogP contribution in [0.25, 0.3) is 0 Å². The van der Waals surface area contributed by atoms with Crippen LogP contribution < -0.4 is 5.32 Å². The Hall–Kier alpha value is -0.590. The van der Waals surface area contributed by atoms with Crippen LogP contribution in [0.5, 0.6) is 0 Å². The predicted molar refractivity (Wildman–Crippen MR) is 83.4 cm³/mol. The van der Waals surface area contributed by atoms with E-state index in [4.69, 9.17) is 0 Å². The van der Waals surface area contributed by atoms with Crippen LogP contribution in [0, 0.1) is 23.2 Å². The third-order valence-electron chi connectivity index (χ3n) is 5.22. The Morgan fingerprint density at radius 3 is 2.60 bits per heavy atom. The maximum atomic E-state index is 9.67. The van der Waals surface area contributed by atoms with Gasteiger partial charge in [0.1, 0.15) is 5.54 Å². The summed E-state index contributed by atoms with van der Waals surface area (Å²) in [4.78, 5) is 2.49. The molecule has 1 N–H and O–H groups in total. The zero-order valence-electron chi connectivity index (χ0n) is 13.5. The SMILES string of the molecule is CC(C)NC1(C#N)CCCC1CCN(C)CC1CCC1. The smallest absolute Gasteiger partial charge is 0.109 e. The van der Waals surface area contributed by atoms with Crippen molar-refractivity contribution in [3.8, 4) is 6.07 Å². The van der Waals surface area contributed by atoms with Gasteiger partial charge in [0.15, 0.2) is 0 Å². The first-order valence-electron chi connectivity index (χ1n) is 8.43. The van der Waals surface area contributed by atoms with Crippen molar-refractivity contribution in [2.24, 2.45) is 11.8 Å². The van der Waals surface area contributed by atoms with Crippen molar-refractivity contribution in [2.45, 2.75) is 70.4 Å². The molecule has 114 valence electrons. The second kappa shape index (κ2) is 6.91. The fraction of sp³-hybridized carbons (Fsp3) is 0.941. The summed E-state index contributed by atoms with van der Waals surface area (Å²) in [5.74, 6) is 1.47. The van der Waals surface area contributed by atoms with Gasteiger partial charge in [0.2, 0.25) is 0 Å². The lowest BCUT2D eigenvalue weighted by Gasteiger charge is -2.34. The fourth-order valence-electron chi connectivity index (χ4n) is 3.94. The second-order valence-electron chi connectivity index (χ2n) is 7.32. The van der Waals surface area contributed by atoms with Crippen molar-refractivity contribution in [3.05, 3.63) is 0 Å². The molecule has 0 heterocycles. The number of nitrogens with zero attached hydrogens (tertiary/aromatic N) is 2. The van der Waals surface area contributed by atoms with Gasteiger partial charge in [0.05, 0.1) is 6.07 Å². The minimum absolute atomic E-state index is 0.258. The van der Waals surface area contributed by atoms with E-state index in [1.807, 2.05) is 0 Å². The van der Waals surface area contributed by atoms with E-state index in [0.717, 1.165) is 25.3 Å². The minimum atomic E-state index is -0.258. The Kier molecular flexibility index (Phi) is 5.46. The minimum Gasteiger partial charge on any atom is -0.306 e. The van der Waals surface area contributed by atoms with Crippen molar-refractivity contribution in [3.63, 3.8) is 0 Å². The number of rotatable bonds is 7. The predicted octanol–water partition coefficient (Wildman–Crippen LogP) is 3.17. The molecule has 3 heteroatoms. The fourth-order valence-corrected chi connectivity index (χ4v) is 3.94. The van der Waals surface area contributed by atoms with Gasteiger partial charge in [0.25, 0.3) is 0 Å². The van der Waals surface area contributed by atoms with Crippen molar-refractivity contribution < 1.29 is 0 Å². The van der Waals surface area contributed by atoms with Crippen LogP contribution in [0.15, 0.2) is 0 Å². The molecule has 0 amide bonds. The number of hydrogen-bond donors (Lipinski definition) is 1. The Morgan fingerprint density at radius 1 is 1.30 bits per heavy atom. The van der Waals surface area contributed by atoms with Gasteiger partial charge in [-0.05, 0) is 71.4 Å². The van der Waals surface area contributed by atoms with Crippen LogP contribution in [0.3, 0.4) is 0 Å². The third kappa shape index (κ3) is 3.74. The molecular formula is C17H31N3. The molecule has 2 aliphatic carbocycles. The molecule has 20 heavy (non-hydrogen) atoms. The maximum absolute atomic E-state index is 9.67. The highest BCUT2D eigenvalue weighted by molar-refractivity contribution is 5.14. The van der Waals surface area contributed by atoms with E-state index in [2.05, 4.69) is 37.2 Å². The molecule has 2 unspecified atom stereocenters. The van der Waals surface area contributed by atoms with Gasteiger partial charge in [-0.2, -0.15) is 5.26 Å². The van der Waals surface area contributed by atoms with Gasteiger partial charge in [-0.3, -0.25) is 5.32 Å². The molecule has 2 fully saturated rings. The first-order valence-corrected chi connectivity index (χ1v) is 8.43. The number of hydrogen-bond acceptors (Lipinski definition) is 3. The van der Waals surface area contributed by atoms with Gasteiger partial charge < -0.3 is 4.90 Å². The summed E-state index contributed by atoms with van der Waals surface area (Å²) in [5, 5.41) is 13.2. The van der Waals surface area contributed by atoms with Crippen LogP contribution in [0.4, 0.5) is 0 Å². The lowest BCUT2D eigenvalue weighted by atomic mass is 9.84. The van der Waals surface area contributed by atoms with E-state index >= 15 is 0 Å². The van der Waals surface area contributed by atoms with Crippen molar-refractivity contribution in [1.29, 1.82) is 5.26 Å². The molecule has 0 bridgehead atoms. The van der Waals surface area contributed by atoms with Crippen LogP contribution >= 0.6 is 0 Å². The molecule has 2 rings (SSSR count). The van der Waals surface area contributed by atoms with E-state index in [1.54, 1.807) is 0 Å². The molecule has 3 nitrogen and oxygen atoms in total. The quantitative estimate of drug-likeness (QED) is 0.777. The summed E-state index contributed by atoms with van der Waals surface area (Å²) in [6.45, 7) is 6.70. The molecule has 0 saturated heterocycles. The molecular weight excluding hydrogens is 246 g/mol. The van der Waals surface area contributed by atoms with E-state index in [0.29, 0.717) is 12.0 Å². The number of nitrogens with one attached hydrogen (secondary N) is 1. The summed E-state index contributed by atoms with van der Waals surface area (Å²) >= 11 is 0. The second-order valence-corrected chi connectivity index (χ2v) is 7.32. The van der Waals surface area contributed by atoms with Gasteiger partial charge in [-0.15, -0.1) is 0 Å². The van der Waals surface area contributed by atoms with Crippen LogP contribution in [0.1, 0.15) is 58.8 Å². The van der Waals surface area contributed by atoms with Crippen LogP contribution in [-0.4, -0.2) is 36.6 Å². The van der Waals surface area contributed by atoms with Gasteiger partial charge in [0, 0.05) is 12.6 Å². The molecule has 0 aromatic heterocycles. The summed E-state index contributed by atoms with van der Waals surface area (Å²) in [7, 11) is 2.25. The first-order chi connectivity index (χ1) is 9.55. The molecule has 0 aromatic rings. The Bertz CT molecular complexity index is 343. The van der Waals surface area contributed by atoms with E-state index < -0.39 is 0 Å². The summed E-state index contributed by atoms with van der Waals surface area (Å²) in [5.41, 5.74) is -0.258. The lowest BCUT2D eigenvalue weighted by molar-refractivity contribution is 0.184. The Morgan fingerprint density at radius 2 is 2.05 bits per heavy atom. The van der Waals surface area contributed by atoms with Gasteiger partial charge in [-0.25, -0.2) is 0 Å². The lowest BCUT2D eigenvalue weighted by Crippen LogP contribution is -2.50. The Balaban J connectivity index is 1.82. The monoisotopic (exact) mass is 277 g/mol. The molecule has 0 spiro atoms. The van der Waals surface area contributed by atoms with Gasteiger partial charge in [-0.1, -0.05) is 12.8 Å². The average molecular weight is 277 g/mol. The van der Waals surface area contributed by atoms with Crippen LogP contribution in [-0.2, 0) is 0 Å². The van der Waals surface area contributed by atoms with Crippen LogP contribution in [0.2, 0.25) is 0 Å². The summed E-state index contributed by atoms with van der Waals surface area (Å²) in [6, 6.07) is 3.01. The maximum Gasteiger partial charge on any atom is 0.109 e. The first kappa shape index (κ1) is 15.8. The van der Waals surface area contributed by atoms with E-state index in [-0.39, 0.29) is 5.54 Å². The number of nitriles is 1.